The summed E-state index contributed by atoms with van der Waals surface area (Å²) in [7, 11) is 1.13. The van der Waals surface area contributed by atoms with E-state index in [-0.39, 0.29) is 26.1 Å². The summed E-state index contributed by atoms with van der Waals surface area (Å²) in [6.07, 6.45) is 122. The van der Waals surface area contributed by atoms with Crippen molar-refractivity contribution in [3.63, 3.8) is 0 Å². The van der Waals surface area contributed by atoms with Gasteiger partial charge >= 0.3 is 11.9 Å². The Morgan fingerprint density at radius 3 is 0.825 bits per heavy atom. The zero-order valence-electron chi connectivity index (χ0n) is 67.7. The zero-order valence-corrected chi connectivity index (χ0v) is 68.6. The molecule has 0 saturated carbocycles. The number of hydrogen-bond donors (Lipinski definition) is 0. The van der Waals surface area contributed by atoms with Crippen molar-refractivity contribution in [2.75, 3.05) is 47.5 Å². The zero-order chi connectivity index (χ0) is 74.7. The van der Waals surface area contributed by atoms with Crippen molar-refractivity contribution in [2.45, 2.75) is 386 Å². The Morgan fingerprint density at radius 1 is 0.311 bits per heavy atom. The van der Waals surface area contributed by atoms with E-state index in [2.05, 4.69) is 160 Å². The van der Waals surface area contributed by atoms with Crippen molar-refractivity contribution in [2.24, 2.45) is 0 Å². The van der Waals surface area contributed by atoms with Crippen LogP contribution in [0.25, 0.3) is 0 Å². The van der Waals surface area contributed by atoms with E-state index < -0.39 is 32.5 Å². The normalized spacial score (nSPS) is 13.7. The molecular formula is C93H162NO8P. The molecule has 0 spiro atoms. The Morgan fingerprint density at radius 2 is 0.553 bits per heavy atom. The van der Waals surface area contributed by atoms with Gasteiger partial charge in [-0.1, -0.05) is 410 Å². The molecule has 2 atom stereocenters. The molecule has 0 aliphatic heterocycles. The van der Waals surface area contributed by atoms with Crippen LogP contribution in [0.15, 0.2) is 146 Å². The highest BCUT2D eigenvalue weighted by molar-refractivity contribution is 7.45. The predicted octanol–water partition coefficient (Wildman–Crippen LogP) is 28.6. The molecule has 0 heterocycles. The van der Waals surface area contributed by atoms with Gasteiger partial charge in [-0.2, -0.15) is 0 Å². The third-order valence-corrected chi connectivity index (χ3v) is 19.6. The molecule has 0 aromatic carbocycles. The number of allylic oxidation sites excluding steroid dienone is 24. The average molecular weight is 1450 g/mol. The Bertz CT molecular complexity index is 2260. The van der Waals surface area contributed by atoms with Gasteiger partial charge in [-0.25, -0.2) is 0 Å². The Labute approximate surface area is 637 Å². The fourth-order valence-corrected chi connectivity index (χ4v) is 12.8. The molecule has 0 bridgehead atoms. The second kappa shape index (κ2) is 82.0. The highest BCUT2D eigenvalue weighted by Crippen LogP contribution is 2.38. The minimum absolute atomic E-state index is 0.0452. The van der Waals surface area contributed by atoms with E-state index in [9.17, 15) is 19.0 Å². The van der Waals surface area contributed by atoms with E-state index in [1.807, 2.05) is 21.1 Å². The molecule has 9 nitrogen and oxygen atoms in total. The van der Waals surface area contributed by atoms with Gasteiger partial charge in [-0.3, -0.25) is 14.2 Å². The highest BCUT2D eigenvalue weighted by atomic mass is 31.2. The molecule has 0 aromatic heterocycles. The van der Waals surface area contributed by atoms with E-state index in [0.717, 1.165) is 109 Å². The number of carbonyl (C=O) groups is 2. The van der Waals surface area contributed by atoms with Crippen molar-refractivity contribution in [3.05, 3.63) is 146 Å². The Balaban J connectivity index is 4.02. The number of likely N-dealkylation sites (N-methyl/N-ethyl adjacent to an activating group) is 1. The Hall–Kier alpha value is -4.11. The number of rotatable bonds is 79. The van der Waals surface area contributed by atoms with Crippen LogP contribution in [0, 0.1) is 0 Å². The molecule has 0 aliphatic rings. The van der Waals surface area contributed by atoms with Crippen molar-refractivity contribution < 1.29 is 42.1 Å². The largest absolute Gasteiger partial charge is 0.756 e. The van der Waals surface area contributed by atoms with Crippen LogP contribution in [0.5, 0.6) is 0 Å². The van der Waals surface area contributed by atoms with Gasteiger partial charge < -0.3 is 27.9 Å². The second-order valence-electron chi connectivity index (χ2n) is 29.8. The number of nitrogens with zero attached hydrogens (tertiary/aromatic N) is 1. The molecule has 10 heteroatoms. The van der Waals surface area contributed by atoms with Gasteiger partial charge in [-0.15, -0.1) is 0 Å². The van der Waals surface area contributed by atoms with Gasteiger partial charge in [0.15, 0.2) is 6.10 Å². The van der Waals surface area contributed by atoms with Crippen LogP contribution in [-0.2, 0) is 32.7 Å². The standard InChI is InChI=1S/C93H162NO8P/c1-6-8-10-12-14-16-18-20-22-24-26-28-30-32-34-36-38-40-42-44-46-48-49-51-53-55-57-59-61-63-65-67-69-71-73-75-77-79-81-83-85-92(95)99-89-91(90-101-103(97,98)100-88-87-94(3,4)5)102-93(96)86-84-82-80-78-76-74-72-70-68-66-64-62-60-58-56-54-52-50-47-45-43-41-39-37-35-33-31-29-27-25-23-21-19-17-15-13-11-9-7-2/h9,11,15,17,21,23,27,29,33,35,39,41,45,47,52,54,58,60,64,66,70,72,76,78,91H,6-8,10,12-14,16,18-20,22,24-26,28,30-32,34,36-38,40,42-44,46,48-51,53,55-57,59,61-63,65,67-69,71,73-75,77,79-90H2,1-5H3/b11-9-,17-15-,23-21-,29-27-,35-33-,41-39-,47-45-,54-52-,60-58-,66-64-,72-70-,78-76-. The lowest BCUT2D eigenvalue weighted by Gasteiger charge is -2.28. The van der Waals surface area contributed by atoms with Gasteiger partial charge in [0, 0.05) is 12.8 Å². The maximum atomic E-state index is 12.9. The fourth-order valence-electron chi connectivity index (χ4n) is 12.1. The van der Waals surface area contributed by atoms with Crippen LogP contribution >= 0.6 is 7.82 Å². The summed E-state index contributed by atoms with van der Waals surface area (Å²) in [5, 5.41) is 0. The van der Waals surface area contributed by atoms with Crippen molar-refractivity contribution in [3.8, 4) is 0 Å². The van der Waals surface area contributed by atoms with Crippen LogP contribution in [-0.4, -0.2) is 70.0 Å². The van der Waals surface area contributed by atoms with Crippen molar-refractivity contribution in [1.82, 2.24) is 0 Å². The van der Waals surface area contributed by atoms with Crippen LogP contribution in [0.3, 0.4) is 0 Å². The van der Waals surface area contributed by atoms with Crippen LogP contribution < -0.4 is 4.89 Å². The van der Waals surface area contributed by atoms with Gasteiger partial charge in [0.25, 0.3) is 7.82 Å². The lowest BCUT2D eigenvalue weighted by atomic mass is 10.0. The number of ether oxygens (including phenoxy) is 2. The minimum Gasteiger partial charge on any atom is -0.756 e. The number of phosphoric ester groups is 1. The molecule has 2 unspecified atom stereocenters. The molecule has 0 radical (unpaired) electrons. The number of quaternary nitrogens is 1. The molecule has 0 rings (SSSR count). The molecule has 0 aliphatic carbocycles. The molecule has 0 saturated heterocycles. The third-order valence-electron chi connectivity index (χ3n) is 18.6. The molecule has 0 aromatic rings. The third kappa shape index (κ3) is 86.7. The fraction of sp³-hybridized carbons (Fsp3) is 0.720. The molecule has 0 fully saturated rings. The first kappa shape index (κ1) is 98.9. The smallest absolute Gasteiger partial charge is 0.306 e. The minimum atomic E-state index is -4.67. The van der Waals surface area contributed by atoms with E-state index in [1.54, 1.807) is 0 Å². The maximum Gasteiger partial charge on any atom is 0.306 e. The first-order valence-electron chi connectivity index (χ1n) is 43.0. The average Bonchev–Trinajstić information content (AvgIpc) is 1.01. The van der Waals surface area contributed by atoms with E-state index in [4.69, 9.17) is 18.5 Å². The number of unbranched alkanes of at least 4 members (excludes halogenated alkanes) is 41. The summed E-state index contributed by atoms with van der Waals surface area (Å²) >= 11 is 0. The van der Waals surface area contributed by atoms with Gasteiger partial charge in [0.2, 0.25) is 0 Å². The van der Waals surface area contributed by atoms with Gasteiger partial charge in [0.1, 0.15) is 19.8 Å². The van der Waals surface area contributed by atoms with E-state index in [0.29, 0.717) is 17.4 Å². The lowest BCUT2D eigenvalue weighted by molar-refractivity contribution is -0.870. The maximum absolute atomic E-state index is 12.9. The topological polar surface area (TPSA) is 111 Å². The van der Waals surface area contributed by atoms with Crippen LogP contribution in [0.4, 0.5) is 0 Å². The highest BCUT2D eigenvalue weighted by Gasteiger charge is 2.22. The number of phosphoric acid groups is 1. The quantitative estimate of drug-likeness (QED) is 0.0195. The first-order chi connectivity index (χ1) is 50.5. The monoisotopic (exact) mass is 1450 g/mol. The summed E-state index contributed by atoms with van der Waals surface area (Å²) in [5.41, 5.74) is 0. The lowest BCUT2D eigenvalue weighted by Crippen LogP contribution is -2.37. The van der Waals surface area contributed by atoms with Crippen molar-refractivity contribution in [1.29, 1.82) is 0 Å². The Kier molecular flexibility index (Phi) is 78.7. The van der Waals surface area contributed by atoms with Gasteiger partial charge in [0.05, 0.1) is 27.7 Å². The summed E-state index contributed by atoms with van der Waals surface area (Å²) in [6, 6.07) is 0. The molecule has 103 heavy (non-hydrogen) atoms. The van der Waals surface area contributed by atoms with E-state index >= 15 is 0 Å². The first-order valence-corrected chi connectivity index (χ1v) is 44.5. The SMILES string of the molecule is CC/C=C\C/C=C\C/C=C\C/C=C\C/C=C\C/C=C\C/C=C\C/C=C\C/C=C\C/C=C\C/C=C\C/C=C\CCCCC(=O)OC(COC(=O)CCCCCCCCCCCCCCCCCCCCCCCCCCCCCCCCCCCCCCCCCC)COP(=O)([O-])OCC[N+](C)(C)C. The van der Waals surface area contributed by atoms with Crippen LogP contribution in [0.1, 0.15) is 380 Å². The van der Waals surface area contributed by atoms with E-state index in [1.165, 1.54) is 238 Å². The molecule has 0 N–H and O–H groups in total. The number of carbonyl (C=O) groups excluding carboxylic acids is 2. The summed E-state index contributed by atoms with van der Waals surface area (Å²) < 4.78 is 34.4. The summed E-state index contributed by atoms with van der Waals surface area (Å²) in [4.78, 5) is 38.2. The number of esters is 2. The summed E-state index contributed by atoms with van der Waals surface area (Å²) in [5.74, 6) is -0.880. The van der Waals surface area contributed by atoms with Crippen LogP contribution in [0.2, 0.25) is 0 Å². The number of hydrogen-bond acceptors (Lipinski definition) is 8. The predicted molar refractivity (Wildman–Crippen MR) is 447 cm³/mol. The van der Waals surface area contributed by atoms with Crippen molar-refractivity contribution >= 4 is 19.8 Å². The second-order valence-corrected chi connectivity index (χ2v) is 31.2. The molecule has 0 amide bonds. The molecular weight excluding hydrogens is 1290 g/mol. The van der Waals surface area contributed by atoms with Gasteiger partial charge in [-0.05, 0) is 103 Å². The molecule has 592 valence electrons. The summed E-state index contributed by atoms with van der Waals surface area (Å²) in [6.45, 7) is 4.11.